The van der Waals surface area contributed by atoms with Crippen LogP contribution in [0.3, 0.4) is 0 Å². The molecule has 1 N–H and O–H groups in total. The van der Waals surface area contributed by atoms with Gasteiger partial charge in [-0.25, -0.2) is 4.98 Å². The van der Waals surface area contributed by atoms with Crippen molar-refractivity contribution in [3.63, 3.8) is 0 Å². The Hall–Kier alpha value is -0.610. The summed E-state index contributed by atoms with van der Waals surface area (Å²) in [4.78, 5) is 4.17. The van der Waals surface area contributed by atoms with Crippen LogP contribution in [0.4, 0.5) is 0 Å². The van der Waals surface area contributed by atoms with Crippen molar-refractivity contribution in [3.05, 3.63) is 22.8 Å². The van der Waals surface area contributed by atoms with E-state index in [0.29, 0.717) is 11.9 Å². The van der Waals surface area contributed by atoms with Crippen LogP contribution in [0.2, 0.25) is 0 Å². The summed E-state index contributed by atoms with van der Waals surface area (Å²) in [6, 6.07) is 4.46. The van der Waals surface area contributed by atoms with Crippen LogP contribution in [-0.4, -0.2) is 24.2 Å². The highest BCUT2D eigenvalue weighted by atomic mass is 79.9. The lowest BCUT2D eigenvalue weighted by Gasteiger charge is -2.23. The van der Waals surface area contributed by atoms with Crippen LogP contribution < -0.4 is 10.1 Å². The summed E-state index contributed by atoms with van der Waals surface area (Å²) in [5.74, 6) is 0.693. The van der Waals surface area contributed by atoms with Crippen LogP contribution in [0.5, 0.6) is 5.88 Å². The van der Waals surface area contributed by atoms with Gasteiger partial charge in [-0.2, -0.15) is 0 Å². The number of nitrogens with one attached hydrogen (secondary N) is 1. The van der Waals surface area contributed by atoms with Gasteiger partial charge in [0.15, 0.2) is 0 Å². The highest BCUT2D eigenvalue weighted by molar-refractivity contribution is 9.10. The van der Waals surface area contributed by atoms with E-state index in [0.717, 1.165) is 24.0 Å². The fraction of sp³-hybridized carbons (Fsp3) is 0.583. The second kappa shape index (κ2) is 6.21. The van der Waals surface area contributed by atoms with Crippen LogP contribution in [0, 0.1) is 0 Å². The highest BCUT2D eigenvalue weighted by Gasteiger charge is 2.12. The van der Waals surface area contributed by atoms with Gasteiger partial charge in [-0.15, -0.1) is 0 Å². The van der Waals surface area contributed by atoms with E-state index in [1.165, 1.54) is 19.3 Å². The minimum absolute atomic E-state index is 0.622. The van der Waals surface area contributed by atoms with E-state index in [9.17, 15) is 0 Å². The van der Waals surface area contributed by atoms with Crippen molar-refractivity contribution in [3.8, 4) is 5.88 Å². The number of halogens is 1. The Balaban J connectivity index is 1.73. The molecular weight excluding hydrogens is 268 g/mol. The quantitative estimate of drug-likeness (QED) is 0.923. The lowest BCUT2D eigenvalue weighted by molar-refractivity contribution is 0.259. The first-order valence-electron chi connectivity index (χ1n) is 5.83. The molecule has 1 fully saturated rings. The maximum Gasteiger partial charge on any atom is 0.227 e. The zero-order valence-corrected chi connectivity index (χ0v) is 10.9. The van der Waals surface area contributed by atoms with Crippen molar-refractivity contribution < 1.29 is 4.74 Å². The molecule has 4 heteroatoms. The van der Waals surface area contributed by atoms with Crippen molar-refractivity contribution in [1.82, 2.24) is 10.3 Å². The molecule has 0 saturated carbocycles. The first-order chi connectivity index (χ1) is 7.86. The summed E-state index contributed by atoms with van der Waals surface area (Å²) < 4.78 is 6.56. The number of hydrogen-bond donors (Lipinski definition) is 1. The Bertz CT molecular complexity index is 327. The molecule has 1 aromatic heterocycles. The summed E-state index contributed by atoms with van der Waals surface area (Å²) in [7, 11) is 0. The Morgan fingerprint density at radius 2 is 2.44 bits per heavy atom. The Morgan fingerprint density at radius 1 is 1.50 bits per heavy atom. The van der Waals surface area contributed by atoms with Crippen LogP contribution in [0.25, 0.3) is 0 Å². The van der Waals surface area contributed by atoms with Crippen LogP contribution >= 0.6 is 15.9 Å². The molecule has 2 heterocycles. The van der Waals surface area contributed by atoms with E-state index in [1.807, 2.05) is 12.1 Å². The zero-order valence-electron chi connectivity index (χ0n) is 9.29. The summed E-state index contributed by atoms with van der Waals surface area (Å²) in [6.45, 7) is 1.88. The molecule has 3 nitrogen and oxygen atoms in total. The molecule has 0 spiro atoms. The minimum atomic E-state index is 0.622. The van der Waals surface area contributed by atoms with Gasteiger partial charge in [0, 0.05) is 12.2 Å². The van der Waals surface area contributed by atoms with Gasteiger partial charge < -0.3 is 10.1 Å². The van der Waals surface area contributed by atoms with Crippen LogP contribution in [0.15, 0.2) is 22.8 Å². The number of nitrogens with zero attached hydrogens (tertiary/aromatic N) is 1. The fourth-order valence-electron chi connectivity index (χ4n) is 1.95. The average molecular weight is 285 g/mol. The Morgan fingerprint density at radius 3 is 3.19 bits per heavy atom. The van der Waals surface area contributed by atoms with E-state index < -0.39 is 0 Å². The molecule has 0 amide bonds. The van der Waals surface area contributed by atoms with Gasteiger partial charge in [0.1, 0.15) is 0 Å². The minimum Gasteiger partial charge on any atom is -0.477 e. The van der Waals surface area contributed by atoms with Crippen LogP contribution in [0.1, 0.15) is 25.7 Å². The average Bonchev–Trinajstić information content (AvgIpc) is 2.33. The van der Waals surface area contributed by atoms with Crippen LogP contribution in [-0.2, 0) is 0 Å². The normalized spacial score (nSPS) is 20.7. The Labute approximate surface area is 105 Å². The molecule has 16 heavy (non-hydrogen) atoms. The van der Waals surface area contributed by atoms with Gasteiger partial charge in [-0.1, -0.05) is 6.42 Å². The maximum atomic E-state index is 5.64. The van der Waals surface area contributed by atoms with Gasteiger partial charge in [-0.05, 0) is 53.9 Å². The summed E-state index contributed by atoms with van der Waals surface area (Å²) in [5, 5.41) is 3.51. The summed E-state index contributed by atoms with van der Waals surface area (Å²) >= 11 is 3.42. The Kier molecular flexibility index (Phi) is 4.60. The van der Waals surface area contributed by atoms with E-state index in [4.69, 9.17) is 4.74 Å². The number of rotatable bonds is 4. The second-order valence-corrected chi connectivity index (χ2v) is 4.93. The van der Waals surface area contributed by atoms with E-state index in [1.54, 1.807) is 6.20 Å². The standard InChI is InChI=1S/C12H17BrN2O/c13-11-5-3-8-15-12(11)16-9-6-10-4-1-2-7-14-10/h3,5,8,10,14H,1-2,4,6-7,9H2. The third-order valence-electron chi connectivity index (χ3n) is 2.84. The van der Waals surface area contributed by atoms with Gasteiger partial charge in [0.2, 0.25) is 5.88 Å². The largest absolute Gasteiger partial charge is 0.477 e. The third-order valence-corrected chi connectivity index (χ3v) is 3.45. The maximum absolute atomic E-state index is 5.64. The molecule has 0 aliphatic carbocycles. The van der Waals surface area contributed by atoms with Crippen molar-refractivity contribution in [2.75, 3.05) is 13.2 Å². The smallest absolute Gasteiger partial charge is 0.227 e. The number of aromatic nitrogens is 1. The van der Waals surface area contributed by atoms with Gasteiger partial charge in [0.05, 0.1) is 11.1 Å². The topological polar surface area (TPSA) is 34.1 Å². The molecule has 0 aromatic carbocycles. The first-order valence-corrected chi connectivity index (χ1v) is 6.62. The number of pyridine rings is 1. The van der Waals surface area contributed by atoms with Crippen molar-refractivity contribution in [2.45, 2.75) is 31.7 Å². The lowest BCUT2D eigenvalue weighted by atomic mass is 10.0. The molecule has 1 aliphatic heterocycles. The van der Waals surface area contributed by atoms with Gasteiger partial charge in [-0.3, -0.25) is 0 Å². The molecule has 1 atom stereocenters. The molecule has 1 aromatic rings. The predicted octanol–water partition coefficient (Wildman–Crippen LogP) is 2.76. The molecule has 88 valence electrons. The highest BCUT2D eigenvalue weighted by Crippen LogP contribution is 2.21. The summed E-state index contributed by atoms with van der Waals surface area (Å²) in [6.07, 6.45) is 6.73. The SMILES string of the molecule is Brc1cccnc1OCCC1CCCCN1. The van der Waals surface area contributed by atoms with E-state index >= 15 is 0 Å². The van der Waals surface area contributed by atoms with Crippen molar-refractivity contribution in [1.29, 1.82) is 0 Å². The molecule has 2 rings (SSSR count). The van der Waals surface area contributed by atoms with Crippen molar-refractivity contribution in [2.24, 2.45) is 0 Å². The van der Waals surface area contributed by atoms with Crippen molar-refractivity contribution >= 4 is 15.9 Å². The van der Waals surface area contributed by atoms with E-state index in [-0.39, 0.29) is 0 Å². The summed E-state index contributed by atoms with van der Waals surface area (Å²) in [5.41, 5.74) is 0. The zero-order chi connectivity index (χ0) is 11.2. The first kappa shape index (κ1) is 11.9. The molecule has 1 saturated heterocycles. The third kappa shape index (κ3) is 3.46. The van der Waals surface area contributed by atoms with Gasteiger partial charge >= 0.3 is 0 Å². The van der Waals surface area contributed by atoms with Gasteiger partial charge in [0.25, 0.3) is 0 Å². The number of ether oxygens (including phenoxy) is 1. The molecule has 1 unspecified atom stereocenters. The second-order valence-electron chi connectivity index (χ2n) is 4.07. The molecule has 0 bridgehead atoms. The molecular formula is C12H17BrN2O. The molecule has 0 radical (unpaired) electrons. The van der Waals surface area contributed by atoms with E-state index in [2.05, 4.69) is 26.2 Å². The monoisotopic (exact) mass is 284 g/mol. The number of hydrogen-bond acceptors (Lipinski definition) is 3. The predicted molar refractivity (Wildman–Crippen MR) is 67.7 cm³/mol. The lowest BCUT2D eigenvalue weighted by Crippen LogP contribution is -2.35. The fourth-order valence-corrected chi connectivity index (χ4v) is 2.32. The number of piperidine rings is 1. The molecule has 1 aliphatic rings.